The van der Waals surface area contributed by atoms with E-state index in [4.69, 9.17) is 11.6 Å². The van der Waals surface area contributed by atoms with Crippen LogP contribution in [0, 0.1) is 0 Å². The summed E-state index contributed by atoms with van der Waals surface area (Å²) < 4.78 is 0. The molecule has 1 aromatic carbocycles. The van der Waals surface area contributed by atoms with Crippen molar-refractivity contribution < 1.29 is 10.2 Å². The Hall–Kier alpha value is -0.890. The van der Waals surface area contributed by atoms with E-state index in [9.17, 15) is 10.2 Å². The molecule has 0 saturated carbocycles. The fraction of sp³-hybridized carbons (Fsp3) is 0.750. The van der Waals surface area contributed by atoms with Crippen molar-refractivity contribution >= 4 is 11.6 Å². The number of hydrogen-bond donors (Lipinski definition) is 2. The van der Waals surface area contributed by atoms with Gasteiger partial charge in [-0.15, -0.1) is 0 Å². The summed E-state index contributed by atoms with van der Waals surface area (Å²) in [6, 6.07) is 0. The van der Waals surface area contributed by atoms with Crippen molar-refractivity contribution in [1.29, 1.82) is 0 Å². The van der Waals surface area contributed by atoms with Crippen LogP contribution in [0.4, 0.5) is 0 Å². The molecular formula is C24H41ClO2. The molecule has 0 saturated heterocycles. The summed E-state index contributed by atoms with van der Waals surface area (Å²) in [6.07, 6.45) is 16.9. The third kappa shape index (κ3) is 7.94. The number of phenolic OH excluding ortho intramolecular Hbond substituents is 2. The van der Waals surface area contributed by atoms with Gasteiger partial charge in [0.25, 0.3) is 0 Å². The maximum Gasteiger partial charge on any atom is 0.177 e. The van der Waals surface area contributed by atoms with E-state index >= 15 is 0 Å². The number of benzene rings is 1. The molecular weight excluding hydrogens is 356 g/mol. The highest BCUT2D eigenvalue weighted by Gasteiger charge is 2.21. The highest BCUT2D eigenvalue weighted by molar-refractivity contribution is 6.33. The van der Waals surface area contributed by atoms with E-state index in [1.54, 1.807) is 0 Å². The first kappa shape index (κ1) is 24.1. The molecule has 0 heterocycles. The van der Waals surface area contributed by atoms with Gasteiger partial charge in [0.2, 0.25) is 0 Å². The molecule has 0 aromatic heterocycles. The molecule has 0 spiro atoms. The van der Waals surface area contributed by atoms with Gasteiger partial charge in [0, 0.05) is 5.56 Å². The zero-order valence-electron chi connectivity index (χ0n) is 17.9. The van der Waals surface area contributed by atoms with Gasteiger partial charge >= 0.3 is 0 Å². The Morgan fingerprint density at radius 2 is 0.926 bits per heavy atom. The lowest BCUT2D eigenvalue weighted by atomic mass is 9.89. The fourth-order valence-electron chi connectivity index (χ4n) is 3.86. The second kappa shape index (κ2) is 14.2. The van der Waals surface area contributed by atoms with Crippen LogP contribution in [0.2, 0.25) is 5.02 Å². The van der Waals surface area contributed by atoms with Crippen LogP contribution in [-0.4, -0.2) is 10.2 Å². The molecule has 0 amide bonds. The Labute approximate surface area is 172 Å². The molecule has 0 unspecified atom stereocenters. The van der Waals surface area contributed by atoms with Crippen molar-refractivity contribution in [2.24, 2.45) is 0 Å². The maximum atomic E-state index is 10.6. The number of aromatic hydroxyl groups is 2. The van der Waals surface area contributed by atoms with Crippen molar-refractivity contribution in [3.63, 3.8) is 0 Å². The third-order valence-electron chi connectivity index (χ3n) is 5.55. The van der Waals surface area contributed by atoms with Gasteiger partial charge in [-0.1, -0.05) is 90.2 Å². The SMILES string of the molecule is CCCCCCc1c(O)c(O)c(Cl)c(CCCCCC)c1CCCCCC. The predicted octanol–water partition coefficient (Wildman–Crippen LogP) is 8.12. The number of hydrogen-bond acceptors (Lipinski definition) is 2. The van der Waals surface area contributed by atoms with Crippen molar-refractivity contribution in [3.8, 4) is 11.5 Å². The standard InChI is InChI=1S/C24H41ClO2/c1-4-7-10-13-16-19-20(17-14-11-8-5-2)22(25)24(27)23(26)21(19)18-15-12-9-6-3/h26-27H,4-18H2,1-3H3. The molecule has 3 heteroatoms. The second-order valence-corrected chi connectivity index (χ2v) is 8.26. The lowest BCUT2D eigenvalue weighted by molar-refractivity contribution is 0.396. The second-order valence-electron chi connectivity index (χ2n) is 7.88. The molecule has 1 aromatic rings. The molecule has 27 heavy (non-hydrogen) atoms. The largest absolute Gasteiger partial charge is 0.504 e. The molecule has 0 aliphatic heterocycles. The average Bonchev–Trinajstić information content (AvgIpc) is 2.67. The molecule has 0 aliphatic carbocycles. The summed E-state index contributed by atoms with van der Waals surface area (Å²) in [6.45, 7) is 6.65. The Balaban J connectivity index is 3.08. The molecule has 2 nitrogen and oxygen atoms in total. The molecule has 0 fully saturated rings. The Morgan fingerprint density at radius 3 is 1.37 bits per heavy atom. The van der Waals surface area contributed by atoms with E-state index in [1.807, 2.05) is 0 Å². The van der Waals surface area contributed by atoms with E-state index < -0.39 is 0 Å². The van der Waals surface area contributed by atoms with Crippen LogP contribution in [0.25, 0.3) is 0 Å². The minimum atomic E-state index is -0.107. The van der Waals surface area contributed by atoms with Gasteiger partial charge in [0.15, 0.2) is 11.5 Å². The zero-order chi connectivity index (χ0) is 20.1. The van der Waals surface area contributed by atoms with Crippen LogP contribution in [0.5, 0.6) is 11.5 Å². The van der Waals surface area contributed by atoms with Gasteiger partial charge in [-0.2, -0.15) is 0 Å². The van der Waals surface area contributed by atoms with Crippen LogP contribution in [0.15, 0.2) is 0 Å². The van der Waals surface area contributed by atoms with Gasteiger partial charge < -0.3 is 10.2 Å². The van der Waals surface area contributed by atoms with E-state index in [-0.39, 0.29) is 11.5 Å². The quantitative estimate of drug-likeness (QED) is 0.232. The Kier molecular flexibility index (Phi) is 12.7. The number of phenols is 2. The predicted molar refractivity (Wildman–Crippen MR) is 118 cm³/mol. The zero-order valence-corrected chi connectivity index (χ0v) is 18.6. The Morgan fingerprint density at radius 1 is 0.519 bits per heavy atom. The lowest BCUT2D eigenvalue weighted by Crippen LogP contribution is -2.04. The third-order valence-corrected chi connectivity index (χ3v) is 5.96. The molecule has 0 bridgehead atoms. The van der Waals surface area contributed by atoms with E-state index in [1.165, 1.54) is 63.4 Å². The minimum absolute atomic E-state index is 0.0271. The van der Waals surface area contributed by atoms with Crippen LogP contribution in [0.1, 0.15) is 115 Å². The van der Waals surface area contributed by atoms with Crippen LogP contribution >= 0.6 is 11.6 Å². The topological polar surface area (TPSA) is 40.5 Å². The molecule has 1 rings (SSSR count). The van der Waals surface area contributed by atoms with Crippen molar-refractivity contribution in [2.75, 3.05) is 0 Å². The lowest BCUT2D eigenvalue weighted by Gasteiger charge is -2.20. The summed E-state index contributed by atoms with van der Waals surface area (Å²) in [7, 11) is 0. The van der Waals surface area contributed by atoms with Gasteiger partial charge in [-0.05, 0) is 49.7 Å². The number of halogens is 1. The molecule has 0 aliphatic rings. The highest BCUT2D eigenvalue weighted by Crippen LogP contribution is 2.43. The first-order valence-electron chi connectivity index (χ1n) is 11.3. The summed E-state index contributed by atoms with van der Waals surface area (Å²) in [4.78, 5) is 0. The number of rotatable bonds is 15. The van der Waals surface area contributed by atoms with Gasteiger partial charge in [-0.25, -0.2) is 0 Å². The number of unbranched alkanes of at least 4 members (excludes halogenated alkanes) is 9. The monoisotopic (exact) mass is 396 g/mol. The van der Waals surface area contributed by atoms with Crippen molar-refractivity contribution in [3.05, 3.63) is 21.7 Å². The Bertz CT molecular complexity index is 501. The molecule has 0 radical (unpaired) electrons. The summed E-state index contributed by atoms with van der Waals surface area (Å²) >= 11 is 6.50. The first-order chi connectivity index (χ1) is 13.1. The average molecular weight is 397 g/mol. The van der Waals surface area contributed by atoms with Crippen molar-refractivity contribution in [1.82, 2.24) is 0 Å². The van der Waals surface area contributed by atoms with E-state index in [0.717, 1.165) is 49.7 Å². The summed E-state index contributed by atoms with van der Waals surface area (Å²) in [5.74, 6) is -0.0794. The highest BCUT2D eigenvalue weighted by atomic mass is 35.5. The smallest absolute Gasteiger partial charge is 0.177 e. The summed E-state index contributed by atoms with van der Waals surface area (Å²) in [5.41, 5.74) is 3.26. The van der Waals surface area contributed by atoms with E-state index in [2.05, 4.69) is 20.8 Å². The van der Waals surface area contributed by atoms with Gasteiger partial charge in [0.05, 0.1) is 5.02 Å². The first-order valence-corrected chi connectivity index (χ1v) is 11.7. The van der Waals surface area contributed by atoms with Crippen LogP contribution < -0.4 is 0 Å². The molecule has 0 atom stereocenters. The van der Waals surface area contributed by atoms with E-state index in [0.29, 0.717) is 5.02 Å². The van der Waals surface area contributed by atoms with Crippen molar-refractivity contribution in [2.45, 2.75) is 117 Å². The fourth-order valence-corrected chi connectivity index (χ4v) is 4.16. The van der Waals surface area contributed by atoms with Crippen LogP contribution in [-0.2, 0) is 19.3 Å². The normalized spacial score (nSPS) is 11.3. The van der Waals surface area contributed by atoms with Gasteiger partial charge in [-0.3, -0.25) is 0 Å². The van der Waals surface area contributed by atoms with Gasteiger partial charge in [0.1, 0.15) is 0 Å². The molecule has 2 N–H and O–H groups in total. The van der Waals surface area contributed by atoms with Crippen LogP contribution in [0.3, 0.4) is 0 Å². The molecule has 156 valence electrons. The minimum Gasteiger partial charge on any atom is -0.504 e. The maximum absolute atomic E-state index is 10.6. The summed E-state index contributed by atoms with van der Waals surface area (Å²) in [5, 5.41) is 21.4.